The minimum atomic E-state index is 0.101. The van der Waals surface area contributed by atoms with Gasteiger partial charge < -0.3 is 5.32 Å². The van der Waals surface area contributed by atoms with Crippen LogP contribution in [0.3, 0.4) is 0 Å². The fourth-order valence-corrected chi connectivity index (χ4v) is 1.85. The Bertz CT molecular complexity index is 204. The number of amides is 1. The largest absolute Gasteiger partial charge is 0.353 e. The average Bonchev–Trinajstić information content (AvgIpc) is 2.06. The van der Waals surface area contributed by atoms with Crippen molar-refractivity contribution in [1.82, 2.24) is 5.32 Å². The van der Waals surface area contributed by atoms with Crippen molar-refractivity contribution >= 4 is 5.91 Å². The predicted octanol–water partition coefficient (Wildman–Crippen LogP) is 1.95. The van der Waals surface area contributed by atoms with Crippen molar-refractivity contribution < 1.29 is 4.79 Å². The molecular weight excluding hydrogens is 150 g/mol. The molecule has 0 aliphatic carbocycles. The van der Waals surface area contributed by atoms with Crippen LogP contribution < -0.4 is 5.32 Å². The summed E-state index contributed by atoms with van der Waals surface area (Å²) >= 11 is 0. The molecule has 12 heavy (non-hydrogen) atoms. The summed E-state index contributed by atoms with van der Waals surface area (Å²) in [4.78, 5) is 11.2. The van der Waals surface area contributed by atoms with Crippen LogP contribution in [0, 0.1) is 10.8 Å². The molecule has 0 aromatic heterocycles. The summed E-state index contributed by atoms with van der Waals surface area (Å²) in [5.74, 6) is 0.194. The number of hydrogen-bond donors (Lipinski definition) is 1. The van der Waals surface area contributed by atoms with E-state index in [0.717, 1.165) is 0 Å². The Morgan fingerprint density at radius 3 is 2.17 bits per heavy atom. The summed E-state index contributed by atoms with van der Waals surface area (Å²) in [6, 6.07) is 0.296. The molecule has 1 rings (SSSR count). The van der Waals surface area contributed by atoms with E-state index in [0.29, 0.717) is 12.5 Å². The minimum Gasteiger partial charge on any atom is -0.353 e. The van der Waals surface area contributed by atoms with Gasteiger partial charge in [0.1, 0.15) is 0 Å². The zero-order valence-electron chi connectivity index (χ0n) is 8.69. The van der Waals surface area contributed by atoms with Crippen molar-refractivity contribution in [2.45, 2.75) is 47.1 Å². The second-order valence-corrected chi connectivity index (χ2v) is 5.13. The second kappa shape index (κ2) is 2.48. The van der Waals surface area contributed by atoms with Gasteiger partial charge in [-0.25, -0.2) is 0 Å². The third-order valence-corrected chi connectivity index (χ3v) is 3.57. The van der Waals surface area contributed by atoms with Crippen molar-refractivity contribution in [2.75, 3.05) is 0 Å². The summed E-state index contributed by atoms with van der Waals surface area (Å²) in [5.41, 5.74) is 0.287. The van der Waals surface area contributed by atoms with E-state index in [1.54, 1.807) is 0 Å². The Hall–Kier alpha value is -0.530. The first-order valence-corrected chi connectivity index (χ1v) is 4.57. The van der Waals surface area contributed by atoms with E-state index < -0.39 is 0 Å². The van der Waals surface area contributed by atoms with Gasteiger partial charge in [0.05, 0.1) is 0 Å². The van der Waals surface area contributed by atoms with E-state index in [2.05, 4.69) is 39.9 Å². The highest BCUT2D eigenvalue weighted by atomic mass is 16.2. The first-order valence-electron chi connectivity index (χ1n) is 4.57. The van der Waals surface area contributed by atoms with Crippen LogP contribution in [0.1, 0.15) is 41.0 Å². The van der Waals surface area contributed by atoms with Gasteiger partial charge in [0.25, 0.3) is 0 Å². The summed E-state index contributed by atoms with van der Waals surface area (Å²) in [7, 11) is 0. The first-order chi connectivity index (χ1) is 5.27. The normalized spacial score (nSPS) is 36.8. The molecule has 0 aromatic rings. The molecule has 1 heterocycles. The molecule has 70 valence electrons. The Labute approximate surface area is 74.7 Å². The molecule has 1 N–H and O–H groups in total. The fourth-order valence-electron chi connectivity index (χ4n) is 1.85. The third kappa shape index (κ3) is 1.23. The van der Waals surface area contributed by atoms with Gasteiger partial charge in [-0.05, 0) is 12.3 Å². The highest BCUT2D eigenvalue weighted by Crippen LogP contribution is 2.46. The Kier molecular flexibility index (Phi) is 1.97. The standard InChI is InChI=1S/C10H19NO/c1-7-10(5,9(2,3)4)6-8(12)11-7/h7H,6H2,1-5H3,(H,11,12). The molecule has 0 saturated carbocycles. The SMILES string of the molecule is CC1NC(=O)CC1(C)C(C)(C)C. The molecule has 1 saturated heterocycles. The molecule has 0 radical (unpaired) electrons. The van der Waals surface area contributed by atoms with Gasteiger partial charge in [-0.1, -0.05) is 27.7 Å². The fraction of sp³-hybridized carbons (Fsp3) is 0.900. The molecule has 1 aliphatic rings. The van der Waals surface area contributed by atoms with Gasteiger partial charge in [-0.2, -0.15) is 0 Å². The molecule has 2 heteroatoms. The van der Waals surface area contributed by atoms with E-state index in [-0.39, 0.29) is 16.7 Å². The van der Waals surface area contributed by atoms with E-state index in [4.69, 9.17) is 0 Å². The lowest BCUT2D eigenvalue weighted by molar-refractivity contribution is -0.120. The number of carbonyl (C=O) groups is 1. The van der Waals surface area contributed by atoms with Crippen molar-refractivity contribution in [1.29, 1.82) is 0 Å². The van der Waals surface area contributed by atoms with Crippen molar-refractivity contribution in [3.8, 4) is 0 Å². The Morgan fingerprint density at radius 2 is 2.00 bits per heavy atom. The molecule has 2 atom stereocenters. The maximum atomic E-state index is 11.2. The number of carbonyl (C=O) groups excluding carboxylic acids is 1. The zero-order chi connectivity index (χ0) is 9.57. The molecule has 1 fully saturated rings. The van der Waals surface area contributed by atoms with Gasteiger partial charge in [0, 0.05) is 17.9 Å². The Morgan fingerprint density at radius 1 is 1.50 bits per heavy atom. The van der Waals surface area contributed by atoms with Crippen LogP contribution in [-0.4, -0.2) is 11.9 Å². The predicted molar refractivity (Wildman–Crippen MR) is 49.8 cm³/mol. The van der Waals surface area contributed by atoms with Crippen LogP contribution in [0.4, 0.5) is 0 Å². The van der Waals surface area contributed by atoms with E-state index in [9.17, 15) is 4.79 Å². The maximum absolute atomic E-state index is 11.2. The third-order valence-electron chi connectivity index (χ3n) is 3.57. The summed E-state index contributed by atoms with van der Waals surface area (Å²) in [6.45, 7) is 10.9. The molecule has 2 unspecified atom stereocenters. The minimum absolute atomic E-state index is 0.101. The quantitative estimate of drug-likeness (QED) is 0.590. The molecule has 0 bridgehead atoms. The lowest BCUT2D eigenvalue weighted by Gasteiger charge is -2.40. The van der Waals surface area contributed by atoms with Crippen LogP contribution >= 0.6 is 0 Å². The van der Waals surface area contributed by atoms with Gasteiger partial charge >= 0.3 is 0 Å². The average molecular weight is 169 g/mol. The first kappa shape index (κ1) is 9.56. The monoisotopic (exact) mass is 169 g/mol. The van der Waals surface area contributed by atoms with Crippen molar-refractivity contribution in [3.63, 3.8) is 0 Å². The topological polar surface area (TPSA) is 29.1 Å². The maximum Gasteiger partial charge on any atom is 0.220 e. The highest BCUT2D eigenvalue weighted by Gasteiger charge is 2.48. The number of nitrogens with one attached hydrogen (secondary N) is 1. The van der Waals surface area contributed by atoms with Crippen LogP contribution in [0.5, 0.6) is 0 Å². The second-order valence-electron chi connectivity index (χ2n) is 5.13. The van der Waals surface area contributed by atoms with Gasteiger partial charge in [0.15, 0.2) is 0 Å². The molecule has 1 aliphatic heterocycles. The summed E-state index contributed by atoms with van der Waals surface area (Å²) in [5, 5.41) is 2.97. The van der Waals surface area contributed by atoms with E-state index in [1.807, 2.05) is 0 Å². The van der Waals surface area contributed by atoms with Crippen molar-refractivity contribution in [3.05, 3.63) is 0 Å². The molecule has 1 amide bonds. The van der Waals surface area contributed by atoms with Crippen LogP contribution in [0.15, 0.2) is 0 Å². The van der Waals surface area contributed by atoms with Crippen molar-refractivity contribution in [2.24, 2.45) is 10.8 Å². The summed E-state index contributed by atoms with van der Waals surface area (Å²) in [6.07, 6.45) is 0.664. The Balaban J connectivity index is 2.92. The number of hydrogen-bond acceptors (Lipinski definition) is 1. The van der Waals surface area contributed by atoms with Crippen LogP contribution in [0.25, 0.3) is 0 Å². The summed E-state index contributed by atoms with van der Waals surface area (Å²) < 4.78 is 0. The molecule has 0 spiro atoms. The van der Waals surface area contributed by atoms with Gasteiger partial charge in [-0.15, -0.1) is 0 Å². The van der Waals surface area contributed by atoms with Crippen LogP contribution in [0.2, 0.25) is 0 Å². The van der Waals surface area contributed by atoms with Gasteiger partial charge in [-0.3, -0.25) is 4.79 Å². The van der Waals surface area contributed by atoms with Crippen LogP contribution in [-0.2, 0) is 4.79 Å². The zero-order valence-corrected chi connectivity index (χ0v) is 8.69. The van der Waals surface area contributed by atoms with E-state index in [1.165, 1.54) is 0 Å². The van der Waals surface area contributed by atoms with E-state index >= 15 is 0 Å². The molecule has 0 aromatic carbocycles. The molecule has 2 nitrogen and oxygen atoms in total. The lowest BCUT2D eigenvalue weighted by atomic mass is 9.64. The molecular formula is C10H19NO. The highest BCUT2D eigenvalue weighted by molar-refractivity contribution is 5.80. The smallest absolute Gasteiger partial charge is 0.220 e. The lowest BCUT2D eigenvalue weighted by Crippen LogP contribution is -2.41. The van der Waals surface area contributed by atoms with Gasteiger partial charge in [0.2, 0.25) is 5.91 Å². The number of rotatable bonds is 0.